The quantitative estimate of drug-likeness (QED) is 0.253. The first kappa shape index (κ1) is 19.0. The Labute approximate surface area is 205 Å². The zero-order chi connectivity index (χ0) is 22.9. The molecule has 0 spiro atoms. The molecule has 0 unspecified atom stereocenters. The van der Waals surface area contributed by atoms with E-state index in [1.807, 2.05) is 24.3 Å². The van der Waals surface area contributed by atoms with Gasteiger partial charge >= 0.3 is 0 Å². The van der Waals surface area contributed by atoms with Crippen LogP contribution in [0.15, 0.2) is 114 Å². The van der Waals surface area contributed by atoms with E-state index in [2.05, 4.69) is 84.9 Å². The molecule has 0 amide bonds. The molecule has 0 saturated carbocycles. The van der Waals surface area contributed by atoms with Crippen molar-refractivity contribution >= 4 is 44.0 Å². The molecule has 0 radical (unpaired) electrons. The molecule has 0 N–H and O–H groups in total. The van der Waals surface area contributed by atoms with Crippen LogP contribution in [0.25, 0.3) is 64.7 Å². The van der Waals surface area contributed by atoms with Crippen molar-refractivity contribution in [3.63, 3.8) is 0 Å². The smallest absolute Gasteiger partial charge is 0.144 e. The third-order valence-electron chi connectivity index (χ3n) is 6.90. The molecule has 2 nitrogen and oxygen atoms in total. The number of hydrogen-bond acceptors (Lipinski definition) is 3. The molecule has 0 atom stereocenters. The number of thiophene rings is 1. The van der Waals surface area contributed by atoms with Crippen LogP contribution in [0.4, 0.5) is 0 Å². The van der Waals surface area contributed by atoms with Gasteiger partial charge in [0.05, 0.1) is 0 Å². The molecule has 7 aromatic rings. The van der Waals surface area contributed by atoms with Gasteiger partial charge in [0.1, 0.15) is 22.7 Å². The van der Waals surface area contributed by atoms with Gasteiger partial charge in [-0.15, -0.1) is 11.3 Å². The topological polar surface area (TPSA) is 22.4 Å². The lowest BCUT2D eigenvalue weighted by Crippen LogP contribution is -1.97. The first-order valence-electron chi connectivity index (χ1n) is 11.7. The molecule has 8 rings (SSSR count). The summed E-state index contributed by atoms with van der Waals surface area (Å²) in [5, 5.41) is 4.69. The fraction of sp³-hybridized carbons (Fsp3) is 0. The molecule has 2 aromatic heterocycles. The van der Waals surface area contributed by atoms with Crippen LogP contribution in [0, 0.1) is 0 Å². The van der Waals surface area contributed by atoms with Crippen LogP contribution in [-0.4, -0.2) is 0 Å². The van der Waals surface area contributed by atoms with Gasteiger partial charge in [0, 0.05) is 37.0 Å². The molecular formula is C32H18O2S. The summed E-state index contributed by atoms with van der Waals surface area (Å²) >= 11 is 1.80. The van der Waals surface area contributed by atoms with Crippen LogP contribution < -0.4 is 4.74 Å². The number of rotatable bonds is 2. The number of hydrogen-bond donors (Lipinski definition) is 0. The Morgan fingerprint density at radius 1 is 0.543 bits per heavy atom. The van der Waals surface area contributed by atoms with E-state index >= 15 is 0 Å². The van der Waals surface area contributed by atoms with Gasteiger partial charge in [0.25, 0.3) is 0 Å². The normalized spacial score (nSPS) is 12.2. The van der Waals surface area contributed by atoms with E-state index in [4.69, 9.17) is 9.15 Å². The van der Waals surface area contributed by atoms with Gasteiger partial charge < -0.3 is 9.15 Å². The van der Waals surface area contributed by atoms with E-state index in [-0.39, 0.29) is 0 Å². The number of ether oxygens (including phenoxy) is 1. The van der Waals surface area contributed by atoms with Gasteiger partial charge in [-0.05, 0) is 65.0 Å². The third-order valence-corrected chi connectivity index (χ3v) is 8.06. The molecule has 0 bridgehead atoms. The van der Waals surface area contributed by atoms with Gasteiger partial charge in [-0.2, -0.15) is 0 Å². The van der Waals surface area contributed by atoms with Crippen molar-refractivity contribution in [3.8, 4) is 43.5 Å². The maximum absolute atomic E-state index is 6.30. The zero-order valence-electron chi connectivity index (χ0n) is 18.6. The predicted octanol–water partition coefficient (Wildman–Crippen LogP) is 9.91. The van der Waals surface area contributed by atoms with E-state index in [9.17, 15) is 0 Å². The summed E-state index contributed by atoms with van der Waals surface area (Å²) in [6, 6.07) is 38.3. The molecule has 1 aliphatic heterocycles. The van der Waals surface area contributed by atoms with Gasteiger partial charge in [0.15, 0.2) is 0 Å². The Bertz CT molecular complexity index is 1940. The number of furan rings is 1. The van der Waals surface area contributed by atoms with Crippen molar-refractivity contribution in [2.24, 2.45) is 0 Å². The van der Waals surface area contributed by atoms with E-state index in [1.54, 1.807) is 11.3 Å². The highest BCUT2D eigenvalue weighted by Crippen LogP contribution is 2.49. The highest BCUT2D eigenvalue weighted by atomic mass is 32.1. The van der Waals surface area contributed by atoms with E-state index in [0.717, 1.165) is 44.6 Å². The lowest BCUT2D eigenvalue weighted by Gasteiger charge is -2.21. The molecule has 35 heavy (non-hydrogen) atoms. The van der Waals surface area contributed by atoms with Gasteiger partial charge in [-0.25, -0.2) is 0 Å². The van der Waals surface area contributed by atoms with Crippen molar-refractivity contribution < 1.29 is 9.15 Å². The minimum Gasteiger partial charge on any atom is -0.456 e. The Kier molecular flexibility index (Phi) is 3.85. The highest BCUT2D eigenvalue weighted by molar-refractivity contribution is 7.18. The standard InChI is InChI=1S/C32H18O2S/c1-4-13-27-21(8-1)23-10-6-11-24(32(23)34-27)30-16-15-29(35-30)20-17-19-7-5-14-28-31(19)25(18-20)22-9-2-3-12-26(22)33-28/h1-18H. The van der Waals surface area contributed by atoms with Gasteiger partial charge in [-0.3, -0.25) is 0 Å². The van der Waals surface area contributed by atoms with Crippen LogP contribution in [0.1, 0.15) is 0 Å². The first-order valence-corrected chi connectivity index (χ1v) is 12.5. The lowest BCUT2D eigenvalue weighted by atomic mass is 9.92. The average molecular weight is 467 g/mol. The van der Waals surface area contributed by atoms with E-state index in [0.29, 0.717) is 0 Å². The number of para-hydroxylation sites is 3. The third kappa shape index (κ3) is 2.76. The maximum atomic E-state index is 6.30. The summed E-state index contributed by atoms with van der Waals surface area (Å²) in [7, 11) is 0. The number of fused-ring (bicyclic) bond motifs is 5. The fourth-order valence-corrected chi connectivity index (χ4v) is 6.32. The molecule has 5 aromatic carbocycles. The molecule has 3 heterocycles. The largest absolute Gasteiger partial charge is 0.456 e. The minimum atomic E-state index is 0.910. The minimum absolute atomic E-state index is 0.910. The van der Waals surface area contributed by atoms with Crippen molar-refractivity contribution in [2.45, 2.75) is 0 Å². The second-order valence-electron chi connectivity index (χ2n) is 8.92. The summed E-state index contributed by atoms with van der Waals surface area (Å²) in [5.74, 6) is 1.83. The molecule has 0 fully saturated rings. The Balaban J connectivity index is 1.31. The number of benzene rings is 5. The Morgan fingerprint density at radius 3 is 2.31 bits per heavy atom. The Hall–Kier alpha value is -4.34. The first-order chi connectivity index (χ1) is 17.3. The van der Waals surface area contributed by atoms with Gasteiger partial charge in [0.2, 0.25) is 0 Å². The summed E-state index contributed by atoms with van der Waals surface area (Å²) in [4.78, 5) is 2.44. The van der Waals surface area contributed by atoms with Gasteiger partial charge in [-0.1, -0.05) is 60.7 Å². The van der Waals surface area contributed by atoms with Crippen molar-refractivity contribution in [1.82, 2.24) is 0 Å². The predicted molar refractivity (Wildman–Crippen MR) is 145 cm³/mol. The summed E-state index contributed by atoms with van der Waals surface area (Å²) < 4.78 is 12.5. The summed E-state index contributed by atoms with van der Waals surface area (Å²) in [6.07, 6.45) is 0. The second kappa shape index (κ2) is 7.08. The van der Waals surface area contributed by atoms with Crippen LogP contribution in [0.2, 0.25) is 0 Å². The Morgan fingerprint density at radius 2 is 1.31 bits per heavy atom. The molecule has 164 valence electrons. The van der Waals surface area contributed by atoms with Crippen molar-refractivity contribution in [1.29, 1.82) is 0 Å². The van der Waals surface area contributed by atoms with Crippen LogP contribution in [0.5, 0.6) is 11.5 Å². The fourth-order valence-electron chi connectivity index (χ4n) is 5.31. The van der Waals surface area contributed by atoms with Crippen LogP contribution in [-0.2, 0) is 0 Å². The van der Waals surface area contributed by atoms with Crippen molar-refractivity contribution in [3.05, 3.63) is 109 Å². The van der Waals surface area contributed by atoms with E-state index < -0.39 is 0 Å². The van der Waals surface area contributed by atoms with E-state index in [1.165, 1.54) is 31.7 Å². The maximum Gasteiger partial charge on any atom is 0.144 e. The molecule has 1 aliphatic rings. The average Bonchev–Trinajstić information content (AvgIpc) is 3.54. The summed E-state index contributed by atoms with van der Waals surface area (Å²) in [5.41, 5.74) is 6.60. The monoisotopic (exact) mass is 466 g/mol. The second-order valence-corrected chi connectivity index (χ2v) is 10.0. The van der Waals surface area contributed by atoms with Crippen LogP contribution >= 0.6 is 11.3 Å². The lowest BCUT2D eigenvalue weighted by molar-refractivity contribution is 0.487. The van der Waals surface area contributed by atoms with Crippen LogP contribution in [0.3, 0.4) is 0 Å². The molecule has 0 saturated heterocycles. The molecular weight excluding hydrogens is 448 g/mol. The molecule has 0 aliphatic carbocycles. The molecule has 3 heteroatoms. The highest BCUT2D eigenvalue weighted by Gasteiger charge is 2.21. The van der Waals surface area contributed by atoms with Crippen molar-refractivity contribution in [2.75, 3.05) is 0 Å². The zero-order valence-corrected chi connectivity index (χ0v) is 19.4. The summed E-state index contributed by atoms with van der Waals surface area (Å²) in [6.45, 7) is 0. The SMILES string of the molecule is c1ccc2c(c1)Oc1cccc3cc(-c4ccc(-c5cccc6c5oc5ccccc56)s4)cc-2c13.